The van der Waals surface area contributed by atoms with Gasteiger partial charge in [-0.15, -0.1) is 0 Å². The Morgan fingerprint density at radius 3 is 2.23 bits per heavy atom. The van der Waals surface area contributed by atoms with Gasteiger partial charge in [0.2, 0.25) is 0 Å². The molecule has 0 heteroatoms. The Hall–Kier alpha value is -1.82. The van der Waals surface area contributed by atoms with Gasteiger partial charge in [-0.1, -0.05) is 114 Å². The zero-order valence-corrected chi connectivity index (χ0v) is 19.7. The van der Waals surface area contributed by atoms with E-state index >= 15 is 0 Å². The maximum atomic E-state index is 2.58. The summed E-state index contributed by atoms with van der Waals surface area (Å²) in [4.78, 5) is 0. The number of hydrogen-bond acceptors (Lipinski definition) is 0. The predicted molar refractivity (Wildman–Crippen MR) is 132 cm³/mol. The lowest BCUT2D eigenvalue weighted by molar-refractivity contribution is 0.217. The SMILES string of the molecule is CCCC1(CC2=Cc3c(cccc3-c3ccccc3C(C)(C)C)C2)CCCCCC1. The van der Waals surface area contributed by atoms with Crippen molar-refractivity contribution in [2.24, 2.45) is 5.41 Å². The molecule has 0 amide bonds. The van der Waals surface area contributed by atoms with E-state index < -0.39 is 0 Å². The topological polar surface area (TPSA) is 0 Å². The van der Waals surface area contributed by atoms with Crippen LogP contribution in [0.5, 0.6) is 0 Å². The van der Waals surface area contributed by atoms with E-state index in [2.05, 4.69) is 76.2 Å². The first kappa shape index (κ1) is 21.4. The third-order valence-corrected chi connectivity index (χ3v) is 7.53. The van der Waals surface area contributed by atoms with Gasteiger partial charge in [0, 0.05) is 0 Å². The molecule has 2 aromatic carbocycles. The first-order valence-electron chi connectivity index (χ1n) is 12.3. The molecular weight excluding hydrogens is 360 g/mol. The molecule has 1 saturated carbocycles. The second-order valence-corrected chi connectivity index (χ2v) is 11.0. The third-order valence-electron chi connectivity index (χ3n) is 7.53. The van der Waals surface area contributed by atoms with Crippen molar-refractivity contribution in [1.82, 2.24) is 0 Å². The molecular formula is C30H40. The van der Waals surface area contributed by atoms with Crippen LogP contribution >= 0.6 is 0 Å². The van der Waals surface area contributed by atoms with Gasteiger partial charge in [0.1, 0.15) is 0 Å². The molecule has 0 bridgehead atoms. The van der Waals surface area contributed by atoms with Gasteiger partial charge in [0.05, 0.1) is 0 Å². The minimum Gasteiger partial charge on any atom is -0.0654 e. The second kappa shape index (κ2) is 8.74. The van der Waals surface area contributed by atoms with Crippen molar-refractivity contribution >= 4 is 6.08 Å². The molecule has 160 valence electrons. The summed E-state index contributed by atoms with van der Waals surface area (Å²) in [7, 11) is 0. The minimum absolute atomic E-state index is 0.149. The Morgan fingerprint density at radius 2 is 1.53 bits per heavy atom. The molecule has 0 heterocycles. The van der Waals surface area contributed by atoms with Crippen LogP contribution < -0.4 is 0 Å². The van der Waals surface area contributed by atoms with Crippen LogP contribution in [0.3, 0.4) is 0 Å². The van der Waals surface area contributed by atoms with E-state index in [1.165, 1.54) is 85.6 Å². The lowest BCUT2D eigenvalue weighted by atomic mass is 9.72. The Kier molecular flexibility index (Phi) is 6.24. The summed E-state index contributed by atoms with van der Waals surface area (Å²) in [6.45, 7) is 9.37. The molecule has 0 unspecified atom stereocenters. The molecule has 2 aliphatic rings. The molecule has 0 atom stereocenters. The highest BCUT2D eigenvalue weighted by atomic mass is 14.4. The van der Waals surface area contributed by atoms with Gasteiger partial charge in [0.15, 0.2) is 0 Å². The van der Waals surface area contributed by atoms with E-state index in [9.17, 15) is 0 Å². The van der Waals surface area contributed by atoms with Gasteiger partial charge < -0.3 is 0 Å². The van der Waals surface area contributed by atoms with Gasteiger partial charge in [-0.3, -0.25) is 0 Å². The molecule has 30 heavy (non-hydrogen) atoms. The second-order valence-electron chi connectivity index (χ2n) is 11.0. The molecule has 0 nitrogen and oxygen atoms in total. The molecule has 0 aliphatic heterocycles. The Bertz CT molecular complexity index is 898. The normalized spacial score (nSPS) is 18.6. The van der Waals surface area contributed by atoms with Crippen molar-refractivity contribution in [1.29, 1.82) is 0 Å². The number of allylic oxidation sites excluding steroid dienone is 1. The van der Waals surface area contributed by atoms with E-state index in [0.717, 1.165) is 6.42 Å². The fraction of sp³-hybridized carbons (Fsp3) is 0.533. The zero-order chi connectivity index (χ0) is 21.2. The summed E-state index contributed by atoms with van der Waals surface area (Å²) in [5.74, 6) is 0. The molecule has 4 rings (SSSR count). The largest absolute Gasteiger partial charge is 0.0654 e. The maximum absolute atomic E-state index is 2.58. The fourth-order valence-electron chi connectivity index (χ4n) is 6.16. The number of hydrogen-bond donors (Lipinski definition) is 0. The molecule has 2 aromatic rings. The van der Waals surface area contributed by atoms with Crippen LogP contribution in [0.1, 0.15) is 102 Å². The molecule has 0 radical (unpaired) electrons. The molecule has 0 N–H and O–H groups in total. The van der Waals surface area contributed by atoms with Gasteiger partial charge in [-0.05, 0) is 70.8 Å². The number of rotatable bonds is 5. The summed E-state index contributed by atoms with van der Waals surface area (Å²) >= 11 is 0. The molecule has 2 aliphatic carbocycles. The summed E-state index contributed by atoms with van der Waals surface area (Å²) in [6, 6.07) is 16.0. The third kappa shape index (κ3) is 4.43. The van der Waals surface area contributed by atoms with E-state index in [-0.39, 0.29) is 5.41 Å². The van der Waals surface area contributed by atoms with E-state index in [0.29, 0.717) is 5.41 Å². The van der Waals surface area contributed by atoms with Crippen molar-refractivity contribution in [3.63, 3.8) is 0 Å². The van der Waals surface area contributed by atoms with Crippen molar-refractivity contribution < 1.29 is 0 Å². The predicted octanol–water partition coefficient (Wildman–Crippen LogP) is 9.12. The summed E-state index contributed by atoms with van der Waals surface area (Å²) in [5, 5.41) is 0. The first-order valence-corrected chi connectivity index (χ1v) is 12.3. The monoisotopic (exact) mass is 400 g/mol. The van der Waals surface area contributed by atoms with Crippen LogP contribution in [0, 0.1) is 5.41 Å². The summed E-state index contributed by atoms with van der Waals surface area (Å²) in [5.41, 5.74) is 9.71. The average molecular weight is 401 g/mol. The van der Waals surface area contributed by atoms with Gasteiger partial charge >= 0.3 is 0 Å². The fourth-order valence-corrected chi connectivity index (χ4v) is 6.16. The number of benzene rings is 2. The van der Waals surface area contributed by atoms with Crippen LogP contribution in [0.15, 0.2) is 48.0 Å². The van der Waals surface area contributed by atoms with Gasteiger partial charge in [0.25, 0.3) is 0 Å². The van der Waals surface area contributed by atoms with Crippen molar-refractivity contribution in [3.8, 4) is 11.1 Å². The Morgan fingerprint density at radius 1 is 0.833 bits per heavy atom. The maximum Gasteiger partial charge on any atom is -0.00574 e. The Labute approximate surface area is 184 Å². The Balaban J connectivity index is 1.69. The molecule has 0 spiro atoms. The molecule has 1 fully saturated rings. The lowest BCUT2D eigenvalue weighted by Crippen LogP contribution is -2.20. The first-order chi connectivity index (χ1) is 14.4. The van der Waals surface area contributed by atoms with Crippen molar-refractivity contribution in [2.45, 2.75) is 97.3 Å². The average Bonchev–Trinajstić information content (AvgIpc) is 2.98. The van der Waals surface area contributed by atoms with Crippen LogP contribution in [0.25, 0.3) is 17.2 Å². The highest BCUT2D eigenvalue weighted by Crippen LogP contribution is 2.47. The van der Waals surface area contributed by atoms with Crippen LogP contribution in [0.2, 0.25) is 0 Å². The van der Waals surface area contributed by atoms with Crippen LogP contribution in [0.4, 0.5) is 0 Å². The van der Waals surface area contributed by atoms with Crippen LogP contribution in [-0.2, 0) is 11.8 Å². The zero-order valence-electron chi connectivity index (χ0n) is 19.7. The highest BCUT2D eigenvalue weighted by Gasteiger charge is 2.32. The number of fused-ring (bicyclic) bond motifs is 1. The van der Waals surface area contributed by atoms with Gasteiger partial charge in [-0.25, -0.2) is 0 Å². The highest BCUT2D eigenvalue weighted by molar-refractivity contribution is 5.82. The van der Waals surface area contributed by atoms with Gasteiger partial charge in [-0.2, -0.15) is 0 Å². The summed E-state index contributed by atoms with van der Waals surface area (Å²) in [6.07, 6.45) is 16.4. The quantitative estimate of drug-likeness (QED) is 0.439. The van der Waals surface area contributed by atoms with Crippen LogP contribution in [-0.4, -0.2) is 0 Å². The van der Waals surface area contributed by atoms with Crippen molar-refractivity contribution in [2.75, 3.05) is 0 Å². The van der Waals surface area contributed by atoms with E-state index in [1.807, 2.05) is 0 Å². The smallest absolute Gasteiger partial charge is 0.00574 e. The molecule has 0 saturated heterocycles. The minimum atomic E-state index is 0.149. The standard InChI is InChI=1S/C30H40/c1-5-17-30(18-10-6-7-11-19-30)22-23-20-24-13-12-15-25(27(24)21-23)26-14-8-9-16-28(26)29(2,3)4/h8-9,12-16,21H,5-7,10-11,17-20,22H2,1-4H3. The van der Waals surface area contributed by atoms with Crippen molar-refractivity contribution in [3.05, 3.63) is 64.7 Å². The lowest BCUT2D eigenvalue weighted by Gasteiger charge is -2.33. The summed E-state index contributed by atoms with van der Waals surface area (Å²) < 4.78 is 0. The molecule has 0 aromatic heterocycles. The van der Waals surface area contributed by atoms with E-state index in [1.54, 1.807) is 5.57 Å². The van der Waals surface area contributed by atoms with E-state index in [4.69, 9.17) is 0 Å².